The third-order valence-corrected chi connectivity index (χ3v) is 3.97. The highest BCUT2D eigenvalue weighted by molar-refractivity contribution is 5.15. The lowest BCUT2D eigenvalue weighted by Gasteiger charge is -2.32. The van der Waals surface area contributed by atoms with Gasteiger partial charge in [-0.25, -0.2) is 0 Å². The summed E-state index contributed by atoms with van der Waals surface area (Å²) >= 11 is 0. The summed E-state index contributed by atoms with van der Waals surface area (Å²) in [5.41, 5.74) is 1.52. The Balaban J connectivity index is 1.98. The van der Waals surface area contributed by atoms with Gasteiger partial charge >= 0.3 is 0 Å². The second-order valence-corrected chi connectivity index (χ2v) is 5.35. The zero-order chi connectivity index (χ0) is 10.7. The van der Waals surface area contributed by atoms with E-state index < -0.39 is 0 Å². The lowest BCUT2D eigenvalue weighted by atomic mass is 9.73. The molecule has 0 nitrogen and oxygen atoms in total. The van der Waals surface area contributed by atoms with Gasteiger partial charge in [-0.05, 0) is 36.2 Å². The maximum absolute atomic E-state index is 2.43. The molecule has 0 bridgehead atoms. The van der Waals surface area contributed by atoms with Crippen LogP contribution in [0.4, 0.5) is 0 Å². The second kappa shape index (κ2) is 4.83. The van der Waals surface area contributed by atoms with E-state index in [1.54, 1.807) is 0 Å². The molecule has 15 heavy (non-hydrogen) atoms. The van der Waals surface area contributed by atoms with Gasteiger partial charge in [0.2, 0.25) is 0 Å². The van der Waals surface area contributed by atoms with Gasteiger partial charge in [0, 0.05) is 0 Å². The van der Waals surface area contributed by atoms with Gasteiger partial charge < -0.3 is 0 Å². The van der Waals surface area contributed by atoms with Crippen molar-refractivity contribution >= 4 is 0 Å². The Morgan fingerprint density at radius 3 is 2.53 bits per heavy atom. The van der Waals surface area contributed by atoms with Crippen LogP contribution in [0, 0.1) is 17.8 Å². The fourth-order valence-electron chi connectivity index (χ4n) is 2.85. The van der Waals surface area contributed by atoms with Gasteiger partial charge in [-0.15, -0.1) is 0 Å². The topological polar surface area (TPSA) is 0 Å². The van der Waals surface area contributed by atoms with Crippen molar-refractivity contribution in [3.05, 3.63) is 35.9 Å². The maximum Gasteiger partial charge on any atom is -0.0248 e. The monoisotopic (exact) mass is 202 g/mol. The highest BCUT2D eigenvalue weighted by Gasteiger charge is 2.25. The Morgan fingerprint density at radius 2 is 1.80 bits per heavy atom. The summed E-state index contributed by atoms with van der Waals surface area (Å²) in [6.45, 7) is 4.84. The van der Waals surface area contributed by atoms with Crippen molar-refractivity contribution in [2.24, 2.45) is 17.8 Å². The lowest BCUT2D eigenvalue weighted by molar-refractivity contribution is 0.203. The Kier molecular flexibility index (Phi) is 3.45. The van der Waals surface area contributed by atoms with Crippen molar-refractivity contribution in [3.63, 3.8) is 0 Å². The number of hydrogen-bond donors (Lipinski definition) is 0. The molecule has 1 aromatic rings. The van der Waals surface area contributed by atoms with Gasteiger partial charge in [-0.2, -0.15) is 0 Å². The predicted molar refractivity (Wildman–Crippen MR) is 65.8 cm³/mol. The number of rotatable bonds is 2. The first-order valence-corrected chi connectivity index (χ1v) is 6.29. The quantitative estimate of drug-likeness (QED) is 0.670. The molecule has 0 heterocycles. The molecule has 1 unspecified atom stereocenters. The van der Waals surface area contributed by atoms with Gasteiger partial charge in [0.1, 0.15) is 0 Å². The second-order valence-electron chi connectivity index (χ2n) is 5.35. The molecule has 0 amide bonds. The average molecular weight is 202 g/mol. The van der Waals surface area contributed by atoms with Crippen molar-refractivity contribution in [2.45, 2.75) is 39.5 Å². The van der Waals surface area contributed by atoms with E-state index >= 15 is 0 Å². The summed E-state index contributed by atoms with van der Waals surface area (Å²) in [7, 11) is 0. The maximum atomic E-state index is 2.43. The lowest BCUT2D eigenvalue weighted by Crippen LogP contribution is -2.23. The molecule has 0 saturated heterocycles. The molecule has 1 fully saturated rings. The molecule has 0 heteroatoms. The van der Waals surface area contributed by atoms with Crippen LogP contribution in [-0.2, 0) is 6.42 Å². The molecule has 0 aliphatic heterocycles. The van der Waals surface area contributed by atoms with Crippen LogP contribution < -0.4 is 0 Å². The highest BCUT2D eigenvalue weighted by Crippen LogP contribution is 2.35. The van der Waals surface area contributed by atoms with Crippen LogP contribution in [0.25, 0.3) is 0 Å². The number of benzene rings is 1. The van der Waals surface area contributed by atoms with E-state index in [0.717, 1.165) is 17.8 Å². The van der Waals surface area contributed by atoms with Crippen LogP contribution in [0.3, 0.4) is 0 Å². The minimum absolute atomic E-state index is 0.913. The number of hydrogen-bond acceptors (Lipinski definition) is 0. The van der Waals surface area contributed by atoms with Gasteiger partial charge in [0.25, 0.3) is 0 Å². The SMILES string of the molecule is CC1CC[C@@H](C)C[C@H]1Cc1ccccc1. The average Bonchev–Trinajstić information content (AvgIpc) is 2.25. The molecule has 1 aliphatic rings. The van der Waals surface area contributed by atoms with E-state index in [4.69, 9.17) is 0 Å². The largest absolute Gasteiger partial charge is 0.0625 e. The molecule has 0 radical (unpaired) electrons. The Bertz CT molecular complexity index is 288. The van der Waals surface area contributed by atoms with Crippen LogP contribution in [-0.4, -0.2) is 0 Å². The summed E-state index contributed by atoms with van der Waals surface area (Å²) in [5, 5.41) is 0. The fraction of sp³-hybridized carbons (Fsp3) is 0.600. The predicted octanol–water partition coefficient (Wildman–Crippen LogP) is 4.30. The Labute approximate surface area is 93.7 Å². The Hall–Kier alpha value is -0.780. The molecule has 0 aromatic heterocycles. The van der Waals surface area contributed by atoms with Crippen LogP contribution in [0.15, 0.2) is 30.3 Å². The normalized spacial score (nSPS) is 31.5. The van der Waals surface area contributed by atoms with E-state index in [2.05, 4.69) is 44.2 Å². The van der Waals surface area contributed by atoms with Crippen LogP contribution in [0.2, 0.25) is 0 Å². The molecule has 1 aromatic carbocycles. The van der Waals surface area contributed by atoms with Crippen molar-refractivity contribution < 1.29 is 0 Å². The summed E-state index contributed by atoms with van der Waals surface area (Å²) in [6.07, 6.45) is 5.58. The van der Waals surface area contributed by atoms with E-state index in [1.807, 2.05) is 0 Å². The van der Waals surface area contributed by atoms with E-state index in [0.29, 0.717) is 0 Å². The van der Waals surface area contributed by atoms with Gasteiger partial charge in [-0.1, -0.05) is 57.0 Å². The van der Waals surface area contributed by atoms with Gasteiger partial charge in [0.15, 0.2) is 0 Å². The van der Waals surface area contributed by atoms with Crippen LogP contribution in [0.5, 0.6) is 0 Å². The first-order chi connectivity index (χ1) is 7.25. The van der Waals surface area contributed by atoms with Crippen molar-refractivity contribution in [1.82, 2.24) is 0 Å². The minimum atomic E-state index is 0.913. The standard InChI is InChI=1S/C15H22/c1-12-8-9-13(2)15(10-12)11-14-6-4-3-5-7-14/h3-7,12-13,15H,8-11H2,1-2H3/t12-,13?,15+/m1/s1. The first-order valence-electron chi connectivity index (χ1n) is 6.29. The van der Waals surface area contributed by atoms with Crippen molar-refractivity contribution in [1.29, 1.82) is 0 Å². The van der Waals surface area contributed by atoms with E-state index in [-0.39, 0.29) is 0 Å². The van der Waals surface area contributed by atoms with Gasteiger partial charge in [0.05, 0.1) is 0 Å². The molecular weight excluding hydrogens is 180 g/mol. The molecule has 3 atom stereocenters. The van der Waals surface area contributed by atoms with E-state index in [1.165, 1.54) is 31.2 Å². The molecule has 0 spiro atoms. The summed E-state index contributed by atoms with van der Waals surface area (Å²) in [4.78, 5) is 0. The zero-order valence-electron chi connectivity index (χ0n) is 9.95. The van der Waals surface area contributed by atoms with Crippen molar-refractivity contribution in [3.8, 4) is 0 Å². The third kappa shape index (κ3) is 2.84. The summed E-state index contributed by atoms with van der Waals surface area (Å²) in [5.74, 6) is 2.77. The van der Waals surface area contributed by atoms with E-state index in [9.17, 15) is 0 Å². The smallest absolute Gasteiger partial charge is 0.0248 e. The molecule has 1 aliphatic carbocycles. The van der Waals surface area contributed by atoms with Crippen molar-refractivity contribution in [2.75, 3.05) is 0 Å². The van der Waals surface area contributed by atoms with Crippen LogP contribution in [0.1, 0.15) is 38.7 Å². The molecule has 82 valence electrons. The summed E-state index contributed by atoms with van der Waals surface area (Å²) in [6, 6.07) is 11.0. The fourth-order valence-corrected chi connectivity index (χ4v) is 2.85. The molecule has 1 saturated carbocycles. The molecular formula is C15H22. The van der Waals surface area contributed by atoms with Gasteiger partial charge in [-0.3, -0.25) is 0 Å². The highest BCUT2D eigenvalue weighted by atomic mass is 14.3. The minimum Gasteiger partial charge on any atom is -0.0625 e. The summed E-state index contributed by atoms with van der Waals surface area (Å²) < 4.78 is 0. The van der Waals surface area contributed by atoms with Crippen LogP contribution >= 0.6 is 0 Å². The molecule has 2 rings (SSSR count). The third-order valence-electron chi connectivity index (χ3n) is 3.97. The Morgan fingerprint density at radius 1 is 1.07 bits per heavy atom. The zero-order valence-corrected chi connectivity index (χ0v) is 9.95. The molecule has 0 N–H and O–H groups in total. The first kappa shape index (κ1) is 10.7.